The van der Waals surface area contributed by atoms with E-state index in [0.717, 1.165) is 0 Å². The summed E-state index contributed by atoms with van der Waals surface area (Å²) in [6.07, 6.45) is 0. The Morgan fingerprint density at radius 1 is 1.10 bits per heavy atom. The standard InChI is InChI=1S/C4H11ClO3Si.H4Si/c1-6-9(4-5,7-2)8-3;/h4H2,1-3H3;1H4. The summed E-state index contributed by atoms with van der Waals surface area (Å²) < 4.78 is 14.8. The van der Waals surface area contributed by atoms with Gasteiger partial charge in [-0.15, -0.1) is 11.6 Å². The summed E-state index contributed by atoms with van der Waals surface area (Å²) in [6, 6.07) is 0. The molecule has 0 aliphatic rings. The molecule has 0 aliphatic heterocycles. The van der Waals surface area contributed by atoms with Crippen LogP contribution in [0.4, 0.5) is 0 Å². The number of rotatable bonds is 4. The molecule has 0 aromatic carbocycles. The van der Waals surface area contributed by atoms with Crippen LogP contribution in [-0.4, -0.2) is 46.6 Å². The van der Waals surface area contributed by atoms with Crippen molar-refractivity contribution in [1.82, 2.24) is 0 Å². The first-order valence-electron chi connectivity index (χ1n) is 2.46. The van der Waals surface area contributed by atoms with Crippen LogP contribution in [-0.2, 0) is 13.3 Å². The molecule has 3 nitrogen and oxygen atoms in total. The Labute approximate surface area is 72.0 Å². The van der Waals surface area contributed by atoms with Gasteiger partial charge in [0.25, 0.3) is 0 Å². The van der Waals surface area contributed by atoms with Crippen LogP contribution in [0.5, 0.6) is 0 Å². The average Bonchev–Trinajstić information content (AvgIpc) is 1.95. The first-order valence-corrected chi connectivity index (χ1v) is 4.92. The van der Waals surface area contributed by atoms with Crippen LogP contribution < -0.4 is 0 Å². The van der Waals surface area contributed by atoms with Gasteiger partial charge >= 0.3 is 8.80 Å². The van der Waals surface area contributed by atoms with Gasteiger partial charge in [-0.1, -0.05) is 0 Å². The van der Waals surface area contributed by atoms with Gasteiger partial charge in [-0.2, -0.15) is 0 Å². The molecule has 0 fully saturated rings. The molecule has 6 heteroatoms. The second-order valence-corrected chi connectivity index (χ2v) is 5.09. The summed E-state index contributed by atoms with van der Waals surface area (Å²) in [6.45, 7) is 0. The summed E-state index contributed by atoms with van der Waals surface area (Å²) in [4.78, 5) is 0. The molecule has 0 aromatic rings. The zero-order chi connectivity index (χ0) is 7.33. The minimum Gasteiger partial charge on any atom is -0.376 e. The van der Waals surface area contributed by atoms with E-state index >= 15 is 0 Å². The molecule has 0 amide bonds. The Hall–Kier alpha value is 0.604. The lowest BCUT2D eigenvalue weighted by molar-refractivity contribution is 0.130. The van der Waals surface area contributed by atoms with Crippen LogP contribution in [0.15, 0.2) is 0 Å². The van der Waals surface area contributed by atoms with Crippen molar-refractivity contribution in [3.05, 3.63) is 0 Å². The molecule has 0 aromatic heterocycles. The third-order valence-corrected chi connectivity index (χ3v) is 4.27. The van der Waals surface area contributed by atoms with Gasteiger partial charge in [0.1, 0.15) is 0 Å². The SMILES string of the molecule is CO[Si](CCl)(OC)OC.[SiH4]. The molecule has 0 aliphatic carbocycles. The number of hydrogen-bond acceptors (Lipinski definition) is 3. The van der Waals surface area contributed by atoms with Gasteiger partial charge in [-0.3, -0.25) is 0 Å². The smallest absolute Gasteiger partial charge is 0.376 e. The average molecular weight is 203 g/mol. The quantitative estimate of drug-likeness (QED) is 0.441. The van der Waals surface area contributed by atoms with Crippen LogP contribution in [0.3, 0.4) is 0 Å². The van der Waals surface area contributed by atoms with Gasteiger partial charge in [0.2, 0.25) is 0 Å². The molecule has 0 atom stereocenters. The van der Waals surface area contributed by atoms with Gasteiger partial charge in [0.05, 0.1) is 5.50 Å². The van der Waals surface area contributed by atoms with Crippen LogP contribution in [0.1, 0.15) is 0 Å². The predicted octanol–water partition coefficient (Wildman–Crippen LogP) is -0.809. The maximum atomic E-state index is 5.51. The highest BCUT2D eigenvalue weighted by Gasteiger charge is 2.36. The number of hydrogen-bond donors (Lipinski definition) is 0. The summed E-state index contributed by atoms with van der Waals surface area (Å²) in [5.41, 5.74) is 0.288. The van der Waals surface area contributed by atoms with E-state index in [-0.39, 0.29) is 16.5 Å². The molecular weight excluding hydrogens is 188 g/mol. The molecule has 10 heavy (non-hydrogen) atoms. The Kier molecular flexibility index (Phi) is 8.35. The second kappa shape index (κ2) is 6.32. The second-order valence-electron chi connectivity index (χ2n) is 1.43. The molecule has 0 heterocycles. The van der Waals surface area contributed by atoms with E-state index in [1.54, 1.807) is 0 Å². The van der Waals surface area contributed by atoms with E-state index in [0.29, 0.717) is 0 Å². The number of halogens is 1. The Morgan fingerprint density at radius 3 is 1.40 bits per heavy atom. The molecule has 0 rings (SSSR count). The molecular formula is C4H15ClO3Si2. The highest BCUT2D eigenvalue weighted by atomic mass is 35.5. The Bertz CT molecular complexity index is 61.4. The van der Waals surface area contributed by atoms with Crippen LogP contribution >= 0.6 is 11.6 Å². The summed E-state index contributed by atoms with van der Waals surface area (Å²) in [5, 5.41) is 0. The van der Waals surface area contributed by atoms with E-state index in [4.69, 9.17) is 24.9 Å². The van der Waals surface area contributed by atoms with Gasteiger partial charge in [0.15, 0.2) is 0 Å². The molecule has 64 valence electrons. The normalized spacial score (nSPS) is 10.8. The van der Waals surface area contributed by atoms with E-state index in [1.807, 2.05) is 0 Å². The maximum absolute atomic E-state index is 5.51. The molecule has 0 saturated carbocycles. The first-order chi connectivity index (χ1) is 4.24. The molecule has 0 spiro atoms. The monoisotopic (exact) mass is 202 g/mol. The highest BCUT2D eigenvalue weighted by Crippen LogP contribution is 2.06. The van der Waals surface area contributed by atoms with Crippen molar-refractivity contribution < 1.29 is 13.3 Å². The van der Waals surface area contributed by atoms with E-state index < -0.39 is 8.80 Å². The van der Waals surface area contributed by atoms with Crippen molar-refractivity contribution in [3.8, 4) is 0 Å². The molecule has 0 saturated heterocycles. The zero-order valence-corrected chi connectivity index (χ0v) is 7.57. The van der Waals surface area contributed by atoms with Crippen molar-refractivity contribution in [2.75, 3.05) is 26.8 Å². The van der Waals surface area contributed by atoms with Crippen molar-refractivity contribution >= 4 is 31.4 Å². The fourth-order valence-corrected chi connectivity index (χ4v) is 2.22. The van der Waals surface area contributed by atoms with Crippen molar-refractivity contribution in [1.29, 1.82) is 0 Å². The lowest BCUT2D eigenvalue weighted by atomic mass is 11.8. The summed E-state index contributed by atoms with van der Waals surface area (Å²) >= 11 is 5.51. The lowest BCUT2D eigenvalue weighted by Crippen LogP contribution is -2.45. The molecule has 0 unspecified atom stereocenters. The van der Waals surface area contributed by atoms with Gasteiger partial charge < -0.3 is 13.3 Å². The maximum Gasteiger partial charge on any atom is 0.515 e. The van der Waals surface area contributed by atoms with Gasteiger partial charge in [-0.25, -0.2) is 0 Å². The Morgan fingerprint density at radius 2 is 1.40 bits per heavy atom. The summed E-state index contributed by atoms with van der Waals surface area (Å²) in [7, 11) is 2.16. The topological polar surface area (TPSA) is 27.7 Å². The molecule has 0 radical (unpaired) electrons. The highest BCUT2D eigenvalue weighted by molar-refractivity contribution is 6.68. The number of alkyl halides is 1. The fraction of sp³-hybridized carbons (Fsp3) is 1.00. The van der Waals surface area contributed by atoms with E-state index in [2.05, 4.69) is 0 Å². The predicted molar refractivity (Wildman–Crippen MR) is 48.8 cm³/mol. The van der Waals surface area contributed by atoms with Crippen molar-refractivity contribution in [2.24, 2.45) is 0 Å². The van der Waals surface area contributed by atoms with Crippen molar-refractivity contribution in [3.63, 3.8) is 0 Å². The molecule has 0 N–H and O–H groups in total. The Balaban J connectivity index is 0. The third-order valence-electron chi connectivity index (χ3n) is 1.10. The largest absolute Gasteiger partial charge is 0.515 e. The molecule has 0 bridgehead atoms. The fourth-order valence-electron chi connectivity index (χ4n) is 0.414. The minimum absolute atomic E-state index is 0. The summed E-state index contributed by atoms with van der Waals surface area (Å²) in [5.74, 6) is 0. The first kappa shape index (κ1) is 13.2. The van der Waals surface area contributed by atoms with Crippen LogP contribution in [0.25, 0.3) is 0 Å². The van der Waals surface area contributed by atoms with Crippen molar-refractivity contribution in [2.45, 2.75) is 0 Å². The minimum atomic E-state index is -2.43. The zero-order valence-electron chi connectivity index (χ0n) is 5.81. The van der Waals surface area contributed by atoms with Crippen LogP contribution in [0, 0.1) is 0 Å². The third kappa shape index (κ3) is 3.13. The van der Waals surface area contributed by atoms with Crippen LogP contribution in [0.2, 0.25) is 0 Å². The van der Waals surface area contributed by atoms with Gasteiger partial charge in [0, 0.05) is 21.3 Å². The van der Waals surface area contributed by atoms with Gasteiger partial charge in [-0.05, 0) is 11.0 Å². The lowest BCUT2D eigenvalue weighted by Gasteiger charge is -2.20. The van der Waals surface area contributed by atoms with E-state index in [9.17, 15) is 0 Å². The van der Waals surface area contributed by atoms with E-state index in [1.165, 1.54) is 21.3 Å².